The summed E-state index contributed by atoms with van der Waals surface area (Å²) in [5, 5.41) is 5.22. The van der Waals surface area contributed by atoms with Crippen LogP contribution in [0.4, 0.5) is 16.2 Å². The minimum absolute atomic E-state index is 0.211. The van der Waals surface area contributed by atoms with E-state index in [1.54, 1.807) is 30.3 Å². The quantitative estimate of drug-likeness (QED) is 0.744. The van der Waals surface area contributed by atoms with Gasteiger partial charge in [-0.1, -0.05) is 12.1 Å². The molecule has 2 aromatic rings. The molecule has 0 bridgehead atoms. The number of primary amides is 1. The molecular weight excluding hydrogens is 326 g/mol. The third-order valence-electron chi connectivity index (χ3n) is 3.36. The topological polar surface area (TPSA) is 112 Å². The van der Waals surface area contributed by atoms with Crippen LogP contribution in [0.2, 0.25) is 0 Å². The van der Waals surface area contributed by atoms with E-state index in [0.29, 0.717) is 28.6 Å². The van der Waals surface area contributed by atoms with E-state index in [1.807, 2.05) is 0 Å². The van der Waals surface area contributed by atoms with Crippen molar-refractivity contribution in [2.45, 2.75) is 0 Å². The summed E-state index contributed by atoms with van der Waals surface area (Å²) in [6.45, 7) is 0. The largest absolute Gasteiger partial charge is 0.493 e. The standard InChI is InChI=1S/C17H19N3O5/c1-23-13-8-10(9-14(24-2)15(13)25-3)19-17(22)20-12-7-5-4-6-11(12)16(18)21/h4-9H,1-3H3,(H2,18,21)(H2,19,20,22). The molecule has 2 aromatic carbocycles. The van der Waals surface area contributed by atoms with E-state index in [2.05, 4.69) is 10.6 Å². The summed E-state index contributed by atoms with van der Waals surface area (Å²) in [7, 11) is 4.44. The fraction of sp³-hybridized carbons (Fsp3) is 0.176. The number of hydrogen-bond acceptors (Lipinski definition) is 5. The Bertz CT molecular complexity index is 767. The minimum Gasteiger partial charge on any atom is -0.493 e. The van der Waals surface area contributed by atoms with Gasteiger partial charge in [-0.25, -0.2) is 4.79 Å². The van der Waals surface area contributed by atoms with Crippen LogP contribution in [-0.2, 0) is 0 Å². The molecule has 3 amide bonds. The van der Waals surface area contributed by atoms with Gasteiger partial charge in [0.05, 0.1) is 38.3 Å². The van der Waals surface area contributed by atoms with Crippen LogP contribution >= 0.6 is 0 Å². The van der Waals surface area contributed by atoms with E-state index >= 15 is 0 Å². The Labute approximate surface area is 144 Å². The van der Waals surface area contributed by atoms with Crippen molar-refractivity contribution in [2.24, 2.45) is 5.73 Å². The summed E-state index contributed by atoms with van der Waals surface area (Å²) in [6.07, 6.45) is 0. The van der Waals surface area contributed by atoms with Gasteiger partial charge in [-0.05, 0) is 12.1 Å². The molecule has 8 heteroatoms. The Kier molecular flexibility index (Phi) is 5.67. The molecule has 0 aliphatic rings. The van der Waals surface area contributed by atoms with Crippen molar-refractivity contribution < 1.29 is 23.8 Å². The molecule has 0 spiro atoms. The maximum atomic E-state index is 12.2. The van der Waals surface area contributed by atoms with Crippen molar-refractivity contribution in [3.63, 3.8) is 0 Å². The third kappa shape index (κ3) is 4.11. The van der Waals surface area contributed by atoms with Crippen LogP contribution < -0.4 is 30.6 Å². The molecule has 0 aromatic heterocycles. The maximum absolute atomic E-state index is 12.2. The molecular formula is C17H19N3O5. The number of rotatable bonds is 6. The van der Waals surface area contributed by atoms with Gasteiger partial charge in [0.2, 0.25) is 5.75 Å². The second-order valence-electron chi connectivity index (χ2n) is 4.90. The lowest BCUT2D eigenvalue weighted by atomic mass is 10.1. The fourth-order valence-corrected chi connectivity index (χ4v) is 2.24. The lowest BCUT2D eigenvalue weighted by Crippen LogP contribution is -2.22. The number of carbonyl (C=O) groups is 2. The van der Waals surface area contributed by atoms with Crippen molar-refractivity contribution in [3.05, 3.63) is 42.0 Å². The van der Waals surface area contributed by atoms with Gasteiger partial charge in [0.15, 0.2) is 11.5 Å². The number of anilines is 2. The molecule has 0 fully saturated rings. The lowest BCUT2D eigenvalue weighted by Gasteiger charge is -2.15. The van der Waals surface area contributed by atoms with Crippen molar-refractivity contribution in [3.8, 4) is 17.2 Å². The van der Waals surface area contributed by atoms with Crippen LogP contribution in [0.15, 0.2) is 36.4 Å². The highest BCUT2D eigenvalue weighted by Crippen LogP contribution is 2.39. The summed E-state index contributed by atoms with van der Waals surface area (Å²) in [5.74, 6) is 0.572. The molecule has 0 aliphatic heterocycles. The van der Waals surface area contributed by atoms with Crippen LogP contribution in [0, 0.1) is 0 Å². The summed E-state index contributed by atoms with van der Waals surface area (Å²) < 4.78 is 15.7. The third-order valence-corrected chi connectivity index (χ3v) is 3.36. The highest BCUT2D eigenvalue weighted by molar-refractivity contribution is 6.06. The molecule has 0 unspecified atom stereocenters. The van der Waals surface area contributed by atoms with E-state index in [9.17, 15) is 9.59 Å². The predicted octanol–water partition coefficient (Wildman–Crippen LogP) is 2.46. The van der Waals surface area contributed by atoms with E-state index < -0.39 is 11.9 Å². The molecule has 0 atom stereocenters. The molecule has 0 saturated carbocycles. The minimum atomic E-state index is -0.635. The molecule has 4 N–H and O–H groups in total. The average molecular weight is 345 g/mol. The normalized spacial score (nSPS) is 9.88. The Hall–Kier alpha value is -3.42. The first-order valence-electron chi connectivity index (χ1n) is 7.27. The molecule has 0 heterocycles. The van der Waals surface area contributed by atoms with Gasteiger partial charge >= 0.3 is 6.03 Å². The first-order chi connectivity index (χ1) is 12.0. The van der Waals surface area contributed by atoms with Gasteiger partial charge in [0.25, 0.3) is 5.91 Å². The predicted molar refractivity (Wildman–Crippen MR) is 93.7 cm³/mol. The van der Waals surface area contributed by atoms with E-state index in [1.165, 1.54) is 27.4 Å². The van der Waals surface area contributed by atoms with Crippen molar-refractivity contribution in [2.75, 3.05) is 32.0 Å². The number of nitrogens with one attached hydrogen (secondary N) is 2. The zero-order valence-corrected chi connectivity index (χ0v) is 14.1. The molecule has 132 valence electrons. The fourth-order valence-electron chi connectivity index (χ4n) is 2.24. The van der Waals surface area contributed by atoms with Gasteiger partial charge in [0, 0.05) is 12.1 Å². The Morgan fingerprint density at radius 1 is 0.920 bits per heavy atom. The number of nitrogens with two attached hydrogens (primary N) is 1. The Balaban J connectivity index is 2.23. The second kappa shape index (κ2) is 7.91. The van der Waals surface area contributed by atoms with Gasteiger partial charge < -0.3 is 30.6 Å². The van der Waals surface area contributed by atoms with E-state index in [4.69, 9.17) is 19.9 Å². The summed E-state index contributed by atoms with van der Waals surface area (Å²) in [5.41, 5.74) is 6.23. The maximum Gasteiger partial charge on any atom is 0.323 e. The number of urea groups is 1. The van der Waals surface area contributed by atoms with Crippen molar-refractivity contribution in [1.29, 1.82) is 0 Å². The molecule has 0 radical (unpaired) electrons. The highest BCUT2D eigenvalue weighted by Gasteiger charge is 2.15. The molecule has 8 nitrogen and oxygen atoms in total. The molecule has 25 heavy (non-hydrogen) atoms. The summed E-state index contributed by atoms with van der Waals surface area (Å²) >= 11 is 0. The first kappa shape index (κ1) is 17.9. The van der Waals surface area contributed by atoms with Crippen LogP contribution in [0.5, 0.6) is 17.2 Å². The summed E-state index contributed by atoms with van der Waals surface area (Å²) in [6, 6.07) is 9.06. The van der Waals surface area contributed by atoms with Crippen molar-refractivity contribution in [1.82, 2.24) is 0 Å². The van der Waals surface area contributed by atoms with Gasteiger partial charge in [-0.2, -0.15) is 0 Å². The number of carbonyl (C=O) groups excluding carboxylic acids is 2. The van der Waals surface area contributed by atoms with E-state index in [0.717, 1.165) is 0 Å². The monoisotopic (exact) mass is 345 g/mol. The smallest absolute Gasteiger partial charge is 0.323 e. The van der Waals surface area contributed by atoms with Crippen LogP contribution in [-0.4, -0.2) is 33.3 Å². The Morgan fingerprint density at radius 3 is 2.04 bits per heavy atom. The number of hydrogen-bond donors (Lipinski definition) is 3. The highest BCUT2D eigenvalue weighted by atomic mass is 16.5. The summed E-state index contributed by atoms with van der Waals surface area (Å²) in [4.78, 5) is 23.6. The van der Waals surface area contributed by atoms with E-state index in [-0.39, 0.29) is 5.56 Å². The average Bonchev–Trinajstić information content (AvgIpc) is 2.60. The number of para-hydroxylation sites is 1. The van der Waals surface area contributed by atoms with Crippen LogP contribution in [0.25, 0.3) is 0 Å². The molecule has 0 saturated heterocycles. The molecule has 2 rings (SSSR count). The first-order valence-corrected chi connectivity index (χ1v) is 7.27. The van der Waals surface area contributed by atoms with Crippen molar-refractivity contribution >= 4 is 23.3 Å². The SMILES string of the molecule is COc1cc(NC(=O)Nc2ccccc2C(N)=O)cc(OC)c1OC. The lowest BCUT2D eigenvalue weighted by molar-refractivity contribution is 0.100. The second-order valence-corrected chi connectivity index (χ2v) is 4.90. The van der Waals surface area contributed by atoms with Gasteiger partial charge in [-0.15, -0.1) is 0 Å². The number of amides is 3. The van der Waals surface area contributed by atoms with Gasteiger partial charge in [0.1, 0.15) is 0 Å². The number of benzene rings is 2. The Morgan fingerprint density at radius 2 is 1.52 bits per heavy atom. The molecule has 0 aliphatic carbocycles. The number of methoxy groups -OCH3 is 3. The zero-order valence-electron chi connectivity index (χ0n) is 14.1. The zero-order chi connectivity index (χ0) is 18.4. The number of ether oxygens (including phenoxy) is 3. The van der Waals surface area contributed by atoms with Gasteiger partial charge in [-0.3, -0.25) is 4.79 Å². The van der Waals surface area contributed by atoms with Crippen LogP contribution in [0.3, 0.4) is 0 Å². The van der Waals surface area contributed by atoms with Crippen LogP contribution in [0.1, 0.15) is 10.4 Å².